The highest BCUT2D eigenvalue weighted by Gasteiger charge is 2.32. The van der Waals surface area contributed by atoms with Crippen molar-refractivity contribution in [1.82, 2.24) is 9.78 Å². The number of rotatable bonds is 4. The summed E-state index contributed by atoms with van der Waals surface area (Å²) in [5, 5.41) is 4.31. The highest BCUT2D eigenvalue weighted by Crippen LogP contribution is 2.32. The number of hydrogen-bond acceptors (Lipinski definition) is 4. The number of amides is 2. The highest BCUT2D eigenvalue weighted by atomic mass is 16.2. The molecule has 1 atom stereocenters. The van der Waals surface area contributed by atoms with E-state index in [1.165, 1.54) is 16.8 Å². The van der Waals surface area contributed by atoms with E-state index in [2.05, 4.69) is 5.10 Å². The molecule has 0 N–H and O–H groups in total. The average Bonchev–Trinajstić information content (AvgIpc) is 3.38. The summed E-state index contributed by atoms with van der Waals surface area (Å²) in [6, 6.07) is 18.5. The summed E-state index contributed by atoms with van der Waals surface area (Å²) in [6.07, 6.45) is 1.76. The molecule has 162 valence electrons. The van der Waals surface area contributed by atoms with Gasteiger partial charge in [0.05, 0.1) is 6.54 Å². The maximum absolute atomic E-state index is 13.2. The second-order valence-electron chi connectivity index (χ2n) is 8.31. The quantitative estimate of drug-likeness (QED) is 0.640. The molecule has 2 aliphatic rings. The van der Waals surface area contributed by atoms with Crippen LogP contribution < -0.4 is 15.4 Å². The first kappa shape index (κ1) is 20.2. The van der Waals surface area contributed by atoms with Crippen LogP contribution in [0.4, 0.5) is 11.4 Å². The molecule has 7 heteroatoms. The Balaban J connectivity index is 1.33. The molecule has 3 aromatic rings. The molecular formula is C25H24N4O3. The lowest BCUT2D eigenvalue weighted by Gasteiger charge is -2.22. The normalized spacial score (nSPS) is 16.7. The van der Waals surface area contributed by atoms with Crippen molar-refractivity contribution in [2.75, 3.05) is 16.3 Å². The first-order valence-electron chi connectivity index (χ1n) is 10.9. The van der Waals surface area contributed by atoms with Crippen LogP contribution in [0.2, 0.25) is 0 Å². The van der Waals surface area contributed by atoms with Crippen molar-refractivity contribution >= 4 is 23.2 Å². The van der Waals surface area contributed by atoms with Crippen LogP contribution in [0, 0.1) is 0 Å². The van der Waals surface area contributed by atoms with Crippen molar-refractivity contribution in [3.8, 4) is 0 Å². The third-order valence-electron chi connectivity index (χ3n) is 6.24. The van der Waals surface area contributed by atoms with E-state index >= 15 is 0 Å². The van der Waals surface area contributed by atoms with E-state index in [-0.39, 0.29) is 42.1 Å². The molecule has 0 radical (unpaired) electrons. The van der Waals surface area contributed by atoms with Crippen LogP contribution in [0.15, 0.2) is 65.5 Å². The summed E-state index contributed by atoms with van der Waals surface area (Å²) < 4.78 is 1.22. The lowest BCUT2D eigenvalue weighted by atomic mass is 10.1. The van der Waals surface area contributed by atoms with Crippen molar-refractivity contribution in [1.29, 1.82) is 0 Å². The first-order chi connectivity index (χ1) is 15.5. The fourth-order valence-corrected chi connectivity index (χ4v) is 4.66. The number of carbonyl (C=O) groups excluding carboxylic acids is 2. The van der Waals surface area contributed by atoms with E-state index in [0.29, 0.717) is 6.54 Å². The second-order valence-corrected chi connectivity index (χ2v) is 8.31. The van der Waals surface area contributed by atoms with E-state index in [1.54, 1.807) is 9.80 Å². The minimum Gasteiger partial charge on any atom is -0.312 e. The van der Waals surface area contributed by atoms with Gasteiger partial charge < -0.3 is 9.80 Å². The van der Waals surface area contributed by atoms with Gasteiger partial charge in [0.2, 0.25) is 5.91 Å². The molecule has 0 spiro atoms. The number of aromatic nitrogens is 2. The maximum atomic E-state index is 13.2. The number of anilines is 2. The fraction of sp³-hybridized carbons (Fsp3) is 0.280. The van der Waals surface area contributed by atoms with Crippen molar-refractivity contribution in [2.24, 2.45) is 0 Å². The molecule has 0 aliphatic carbocycles. The van der Waals surface area contributed by atoms with Crippen LogP contribution in [-0.4, -0.2) is 34.2 Å². The Morgan fingerprint density at radius 2 is 1.69 bits per heavy atom. The van der Waals surface area contributed by atoms with E-state index in [9.17, 15) is 14.4 Å². The maximum Gasteiger partial charge on any atom is 0.278 e. The predicted octanol–water partition coefficient (Wildman–Crippen LogP) is 2.81. The SMILES string of the molecule is C[C@@H]1Cc2ccccc2N1C(=O)c1ccc(=O)n(CCC(=O)N2CCc3ccccc32)n1. The Hall–Kier alpha value is -3.74. The molecule has 2 aromatic carbocycles. The molecule has 1 aromatic heterocycles. The van der Waals surface area contributed by atoms with Crippen LogP contribution in [-0.2, 0) is 24.2 Å². The summed E-state index contributed by atoms with van der Waals surface area (Å²) >= 11 is 0. The number of fused-ring (bicyclic) bond motifs is 2. The fourth-order valence-electron chi connectivity index (χ4n) is 4.66. The molecular weight excluding hydrogens is 404 g/mol. The highest BCUT2D eigenvalue weighted by molar-refractivity contribution is 6.06. The molecule has 0 saturated heterocycles. The van der Waals surface area contributed by atoms with Gasteiger partial charge in [0.25, 0.3) is 11.5 Å². The van der Waals surface area contributed by atoms with Crippen molar-refractivity contribution in [3.05, 3.63) is 87.8 Å². The molecule has 3 heterocycles. The predicted molar refractivity (Wildman–Crippen MR) is 122 cm³/mol. The molecule has 2 aliphatic heterocycles. The molecule has 0 fully saturated rings. The zero-order chi connectivity index (χ0) is 22.2. The molecule has 7 nitrogen and oxygen atoms in total. The molecule has 5 rings (SSSR count). The Bertz CT molecular complexity index is 1270. The van der Waals surface area contributed by atoms with Crippen LogP contribution >= 0.6 is 0 Å². The molecule has 0 saturated carbocycles. The van der Waals surface area contributed by atoms with Gasteiger partial charge in [-0.3, -0.25) is 14.4 Å². The van der Waals surface area contributed by atoms with Gasteiger partial charge in [0.15, 0.2) is 0 Å². The first-order valence-corrected chi connectivity index (χ1v) is 10.9. The van der Waals surface area contributed by atoms with E-state index in [4.69, 9.17) is 0 Å². The number of para-hydroxylation sites is 2. The van der Waals surface area contributed by atoms with Gasteiger partial charge >= 0.3 is 0 Å². The molecule has 2 amide bonds. The van der Waals surface area contributed by atoms with Crippen LogP contribution in [0.5, 0.6) is 0 Å². The molecule has 0 bridgehead atoms. The monoisotopic (exact) mass is 428 g/mol. The zero-order valence-electron chi connectivity index (χ0n) is 17.9. The number of aryl methyl sites for hydroxylation is 1. The lowest BCUT2D eigenvalue weighted by Crippen LogP contribution is -2.38. The third-order valence-corrected chi connectivity index (χ3v) is 6.24. The topological polar surface area (TPSA) is 75.5 Å². The van der Waals surface area contributed by atoms with Crippen molar-refractivity contribution in [2.45, 2.75) is 38.8 Å². The second kappa shape index (κ2) is 8.07. The number of carbonyl (C=O) groups is 2. The van der Waals surface area contributed by atoms with Gasteiger partial charge in [-0.25, -0.2) is 4.68 Å². The van der Waals surface area contributed by atoms with Crippen LogP contribution in [0.25, 0.3) is 0 Å². The average molecular weight is 428 g/mol. The standard InChI is InChI=1S/C25H24N4O3/c1-17-16-19-7-3-5-9-22(19)29(17)25(32)20-10-11-24(31)28(26-20)15-13-23(30)27-14-12-18-6-2-4-8-21(18)27/h2-11,17H,12-16H2,1H3/t17-/m1/s1. The Labute approximate surface area is 185 Å². The molecule has 0 unspecified atom stereocenters. The van der Waals surface area contributed by atoms with Crippen molar-refractivity contribution < 1.29 is 9.59 Å². The Morgan fingerprint density at radius 3 is 2.50 bits per heavy atom. The Morgan fingerprint density at radius 1 is 0.969 bits per heavy atom. The van der Waals surface area contributed by atoms with E-state index in [0.717, 1.165) is 35.3 Å². The minimum atomic E-state index is -0.328. The summed E-state index contributed by atoms with van der Waals surface area (Å²) in [7, 11) is 0. The van der Waals surface area contributed by atoms with Gasteiger partial charge in [-0.15, -0.1) is 0 Å². The summed E-state index contributed by atoms with van der Waals surface area (Å²) in [5.74, 6) is -0.293. The minimum absolute atomic E-state index is 0.0129. The van der Waals surface area contributed by atoms with Crippen LogP contribution in [0.3, 0.4) is 0 Å². The van der Waals surface area contributed by atoms with Gasteiger partial charge in [0, 0.05) is 36.4 Å². The van der Waals surface area contributed by atoms with E-state index in [1.807, 2.05) is 55.5 Å². The zero-order valence-corrected chi connectivity index (χ0v) is 17.9. The Kier molecular flexibility index (Phi) is 5.09. The van der Waals surface area contributed by atoms with E-state index < -0.39 is 0 Å². The smallest absolute Gasteiger partial charge is 0.278 e. The number of hydrogen-bond donors (Lipinski definition) is 0. The number of benzene rings is 2. The van der Waals surface area contributed by atoms with Gasteiger partial charge in [-0.2, -0.15) is 5.10 Å². The van der Waals surface area contributed by atoms with Gasteiger partial charge in [0.1, 0.15) is 5.69 Å². The van der Waals surface area contributed by atoms with Crippen molar-refractivity contribution in [3.63, 3.8) is 0 Å². The summed E-state index contributed by atoms with van der Waals surface area (Å²) in [4.78, 5) is 41.9. The molecule has 32 heavy (non-hydrogen) atoms. The van der Waals surface area contributed by atoms with Gasteiger partial charge in [-0.05, 0) is 49.1 Å². The summed E-state index contributed by atoms with van der Waals surface area (Å²) in [6.45, 7) is 2.77. The third kappa shape index (κ3) is 3.49. The number of nitrogens with zero attached hydrogens (tertiary/aromatic N) is 4. The summed E-state index contributed by atoms with van der Waals surface area (Å²) in [5.41, 5.74) is 3.97. The lowest BCUT2D eigenvalue weighted by molar-refractivity contribution is -0.118. The van der Waals surface area contributed by atoms with Gasteiger partial charge in [-0.1, -0.05) is 36.4 Å². The van der Waals surface area contributed by atoms with Crippen LogP contribution in [0.1, 0.15) is 35.0 Å². The largest absolute Gasteiger partial charge is 0.312 e.